The minimum atomic E-state index is 0. The van der Waals surface area contributed by atoms with E-state index in [1.807, 2.05) is 30.3 Å². The molecule has 1 N–H and O–H groups in total. The molecule has 0 atom stereocenters. The first kappa shape index (κ1) is 29.0. The zero-order chi connectivity index (χ0) is 25.1. The smallest absolute Gasteiger partial charge is 0.310 e. The van der Waals surface area contributed by atoms with Gasteiger partial charge in [-0.05, 0) is 56.5 Å². The molecule has 1 aliphatic carbocycles. The summed E-state index contributed by atoms with van der Waals surface area (Å²) in [5, 5.41) is 3.70. The van der Waals surface area contributed by atoms with Crippen LogP contribution in [-0.2, 0) is 17.5 Å². The Hall–Kier alpha value is -2.60. The summed E-state index contributed by atoms with van der Waals surface area (Å²) in [5.41, 5.74) is 4.57. The molecule has 0 saturated heterocycles. The summed E-state index contributed by atoms with van der Waals surface area (Å²) in [6.07, 6.45) is 4.68. The van der Waals surface area contributed by atoms with Crippen LogP contribution in [0.4, 0.5) is 0 Å². The molecule has 0 unspecified atom stereocenters. The predicted molar refractivity (Wildman–Crippen MR) is 152 cm³/mol. The van der Waals surface area contributed by atoms with Gasteiger partial charge in [-0.3, -0.25) is 0 Å². The summed E-state index contributed by atoms with van der Waals surface area (Å²) in [4.78, 5) is 2.51. The Morgan fingerprint density at radius 1 is 0.676 bits per heavy atom. The SMILES string of the molecule is CNC1(c2ccccc2)CCC(CN(C)Cc2ccccc2)(c2ccccc2)CC1.[Li+].[c-]1ccccc1. The van der Waals surface area contributed by atoms with Crippen molar-refractivity contribution in [3.8, 4) is 0 Å². The van der Waals surface area contributed by atoms with E-state index in [-0.39, 0.29) is 29.8 Å². The Kier molecular flexibility index (Phi) is 11.2. The summed E-state index contributed by atoms with van der Waals surface area (Å²) >= 11 is 0. The van der Waals surface area contributed by atoms with Crippen LogP contribution in [0.3, 0.4) is 0 Å². The van der Waals surface area contributed by atoms with Crippen molar-refractivity contribution in [2.75, 3.05) is 20.6 Å². The van der Waals surface area contributed by atoms with Gasteiger partial charge in [-0.2, -0.15) is 36.4 Å². The normalized spacial score (nSPS) is 20.8. The summed E-state index contributed by atoms with van der Waals surface area (Å²) < 4.78 is 0. The van der Waals surface area contributed by atoms with Gasteiger partial charge in [0.15, 0.2) is 0 Å². The summed E-state index contributed by atoms with van der Waals surface area (Å²) in [6, 6.07) is 45.6. The van der Waals surface area contributed by atoms with Crippen molar-refractivity contribution >= 4 is 0 Å². The standard InChI is InChI=1S/C28H34N2.C6H5.Li/c1-29-28(26-16-10-5-11-17-26)20-18-27(19-21-28,25-14-8-4-9-15-25)23-30(2)22-24-12-6-3-7-13-24;1-2-4-6-5-3-1;/h3-17,29H,18-23H2,1-2H3;1-5H;/q;-1;+1. The summed E-state index contributed by atoms with van der Waals surface area (Å²) in [6.45, 7) is 2.08. The number of nitrogens with zero attached hydrogens (tertiary/aromatic N) is 1. The number of hydrogen-bond donors (Lipinski definition) is 1. The molecule has 0 aromatic heterocycles. The van der Waals surface area contributed by atoms with Crippen molar-refractivity contribution < 1.29 is 18.9 Å². The van der Waals surface area contributed by atoms with Crippen molar-refractivity contribution in [2.45, 2.75) is 43.2 Å². The van der Waals surface area contributed by atoms with E-state index >= 15 is 0 Å². The second-order valence-corrected chi connectivity index (χ2v) is 10.1. The fourth-order valence-corrected chi connectivity index (χ4v) is 5.73. The van der Waals surface area contributed by atoms with Crippen LogP contribution >= 0.6 is 0 Å². The van der Waals surface area contributed by atoms with Crippen molar-refractivity contribution in [2.24, 2.45) is 0 Å². The fraction of sp³-hybridized carbons (Fsp3) is 0.294. The van der Waals surface area contributed by atoms with E-state index in [2.05, 4.69) is 121 Å². The van der Waals surface area contributed by atoms with Gasteiger partial charge in [0.1, 0.15) is 0 Å². The molecule has 1 saturated carbocycles. The van der Waals surface area contributed by atoms with Gasteiger partial charge >= 0.3 is 18.9 Å². The van der Waals surface area contributed by atoms with Crippen LogP contribution in [0.2, 0.25) is 0 Å². The van der Waals surface area contributed by atoms with Crippen LogP contribution in [0.5, 0.6) is 0 Å². The van der Waals surface area contributed by atoms with Gasteiger partial charge < -0.3 is 10.2 Å². The average molecular weight is 483 g/mol. The van der Waals surface area contributed by atoms with Gasteiger partial charge in [-0.1, -0.05) is 91.0 Å². The Morgan fingerprint density at radius 2 is 1.16 bits per heavy atom. The molecule has 0 aliphatic heterocycles. The van der Waals surface area contributed by atoms with E-state index in [0.29, 0.717) is 0 Å². The zero-order valence-electron chi connectivity index (χ0n) is 22.7. The van der Waals surface area contributed by atoms with E-state index in [1.165, 1.54) is 29.5 Å². The van der Waals surface area contributed by atoms with Gasteiger partial charge in [0.05, 0.1) is 0 Å². The maximum atomic E-state index is 3.70. The van der Waals surface area contributed by atoms with Crippen LogP contribution < -0.4 is 24.2 Å². The Labute approximate surface area is 236 Å². The number of likely N-dealkylation sites (N-methyl/N-ethyl adjacent to an activating group) is 1. The van der Waals surface area contributed by atoms with Crippen molar-refractivity contribution in [1.82, 2.24) is 10.2 Å². The maximum absolute atomic E-state index is 3.70. The second-order valence-electron chi connectivity index (χ2n) is 10.1. The second kappa shape index (κ2) is 14.4. The Bertz CT molecular complexity index is 1100. The fourth-order valence-electron chi connectivity index (χ4n) is 5.73. The van der Waals surface area contributed by atoms with Crippen LogP contribution in [0.15, 0.2) is 121 Å². The van der Waals surface area contributed by atoms with Crippen molar-refractivity contribution in [3.05, 3.63) is 144 Å². The molecule has 3 heteroatoms. The largest absolute Gasteiger partial charge is 1.00 e. The first-order valence-electron chi connectivity index (χ1n) is 13.1. The number of rotatable bonds is 7. The third kappa shape index (κ3) is 7.70. The number of hydrogen-bond acceptors (Lipinski definition) is 2. The van der Waals surface area contributed by atoms with E-state index in [9.17, 15) is 0 Å². The number of nitrogens with one attached hydrogen (secondary N) is 1. The van der Waals surface area contributed by atoms with Gasteiger partial charge in [0.2, 0.25) is 0 Å². The molecule has 1 aliphatic rings. The van der Waals surface area contributed by atoms with Gasteiger partial charge in [0.25, 0.3) is 0 Å². The molecular formula is C34H39LiN2. The van der Waals surface area contributed by atoms with Crippen molar-refractivity contribution in [3.63, 3.8) is 0 Å². The molecule has 0 heterocycles. The molecule has 186 valence electrons. The first-order valence-corrected chi connectivity index (χ1v) is 13.1. The van der Waals surface area contributed by atoms with E-state index in [4.69, 9.17) is 0 Å². The average Bonchev–Trinajstić information content (AvgIpc) is 2.96. The monoisotopic (exact) mass is 482 g/mol. The maximum Gasteiger partial charge on any atom is 1.00 e. The Morgan fingerprint density at radius 3 is 1.62 bits per heavy atom. The molecule has 5 rings (SSSR count). The molecule has 0 radical (unpaired) electrons. The summed E-state index contributed by atoms with van der Waals surface area (Å²) in [5.74, 6) is 0. The van der Waals surface area contributed by atoms with E-state index in [0.717, 1.165) is 25.9 Å². The molecule has 0 amide bonds. The number of benzene rings is 4. The molecule has 1 fully saturated rings. The van der Waals surface area contributed by atoms with Gasteiger partial charge in [-0.15, -0.1) is 0 Å². The van der Waals surface area contributed by atoms with Crippen LogP contribution in [-0.4, -0.2) is 25.5 Å². The quantitative estimate of drug-likeness (QED) is 0.313. The first-order chi connectivity index (χ1) is 17.7. The third-order valence-corrected chi connectivity index (χ3v) is 7.73. The molecule has 4 aromatic carbocycles. The molecule has 2 nitrogen and oxygen atoms in total. The van der Waals surface area contributed by atoms with E-state index < -0.39 is 0 Å². The minimum Gasteiger partial charge on any atom is -0.310 e. The molecule has 0 spiro atoms. The summed E-state index contributed by atoms with van der Waals surface area (Å²) in [7, 11) is 4.40. The third-order valence-electron chi connectivity index (χ3n) is 7.73. The van der Waals surface area contributed by atoms with Gasteiger partial charge in [0, 0.05) is 24.0 Å². The molecular weight excluding hydrogens is 443 g/mol. The van der Waals surface area contributed by atoms with E-state index in [1.54, 1.807) is 0 Å². The zero-order valence-corrected chi connectivity index (χ0v) is 22.7. The van der Waals surface area contributed by atoms with Crippen LogP contribution in [0.25, 0.3) is 0 Å². The van der Waals surface area contributed by atoms with Crippen LogP contribution in [0, 0.1) is 6.07 Å². The topological polar surface area (TPSA) is 15.3 Å². The van der Waals surface area contributed by atoms with Crippen LogP contribution in [0.1, 0.15) is 42.4 Å². The predicted octanol–water partition coefficient (Wildman–Crippen LogP) is 4.24. The molecule has 0 bridgehead atoms. The molecule has 4 aromatic rings. The van der Waals surface area contributed by atoms with Crippen molar-refractivity contribution in [1.29, 1.82) is 0 Å². The minimum absolute atomic E-state index is 0. The van der Waals surface area contributed by atoms with Gasteiger partial charge in [-0.25, -0.2) is 0 Å². The molecule has 37 heavy (non-hydrogen) atoms. The Balaban J connectivity index is 0.000000479.